The van der Waals surface area contributed by atoms with Gasteiger partial charge in [-0.3, -0.25) is 0 Å². The van der Waals surface area contributed by atoms with Crippen molar-refractivity contribution in [2.24, 2.45) is 52.3 Å². The maximum absolute atomic E-state index is 12.3. The smallest absolute Gasteiger partial charge is 0.328 e. The summed E-state index contributed by atoms with van der Waals surface area (Å²) in [5, 5.41) is 34.4. The van der Waals surface area contributed by atoms with E-state index in [0.717, 1.165) is 57.8 Å². The molecule has 0 heterocycles. The summed E-state index contributed by atoms with van der Waals surface area (Å²) in [4.78, 5) is 12.3. The van der Waals surface area contributed by atoms with Crippen molar-refractivity contribution in [3.63, 3.8) is 0 Å². The number of hydrogen-bond donors (Lipinski definition) is 5. The highest BCUT2D eigenvalue weighted by Crippen LogP contribution is 2.69. The van der Waals surface area contributed by atoms with Crippen molar-refractivity contribution >= 4 is 16.1 Å². The second kappa shape index (κ2) is 11.1. The van der Waals surface area contributed by atoms with E-state index in [9.17, 15) is 28.5 Å². The van der Waals surface area contributed by atoms with Crippen molar-refractivity contribution in [3.8, 4) is 0 Å². The number of amides is 2. The number of aliphatic hydroxyl groups excluding tert-OH is 3. The number of carbonyl (C=O) groups excluding carboxylic acids is 1. The minimum Gasteiger partial charge on any atom is -0.395 e. The molecular weight excluding hydrogens is 516 g/mol. The number of aliphatic hydroxyl groups is 3. The van der Waals surface area contributed by atoms with Crippen LogP contribution >= 0.6 is 0 Å². The molecule has 5 N–H and O–H groups in total. The molecular formula is C30H54N2O6S. The summed E-state index contributed by atoms with van der Waals surface area (Å²) in [6, 6.07) is -0.754. The summed E-state index contributed by atoms with van der Waals surface area (Å²) in [5.74, 6) is 2.81. The van der Waals surface area contributed by atoms with E-state index >= 15 is 0 Å². The van der Waals surface area contributed by atoms with Crippen molar-refractivity contribution in [2.45, 2.75) is 116 Å². The minimum atomic E-state index is -3.99. The van der Waals surface area contributed by atoms with Crippen LogP contribution in [0.4, 0.5) is 4.79 Å². The van der Waals surface area contributed by atoms with E-state index in [4.69, 9.17) is 0 Å². The van der Waals surface area contributed by atoms with Gasteiger partial charge in [0.1, 0.15) is 4.75 Å². The van der Waals surface area contributed by atoms with Crippen LogP contribution in [0.25, 0.3) is 0 Å². The quantitative estimate of drug-likeness (QED) is 0.299. The summed E-state index contributed by atoms with van der Waals surface area (Å²) < 4.78 is 25.3. The van der Waals surface area contributed by atoms with Gasteiger partial charge in [-0.15, -0.1) is 0 Å². The van der Waals surface area contributed by atoms with Crippen LogP contribution in [0.15, 0.2) is 0 Å². The lowest BCUT2D eigenvalue weighted by Crippen LogP contribution is -2.62. The van der Waals surface area contributed by atoms with Crippen LogP contribution in [0.1, 0.15) is 99.3 Å². The molecule has 0 aliphatic heterocycles. The molecule has 0 saturated heterocycles. The molecule has 39 heavy (non-hydrogen) atoms. The van der Waals surface area contributed by atoms with Gasteiger partial charge in [0.15, 0.2) is 0 Å². The van der Waals surface area contributed by atoms with Crippen LogP contribution in [-0.4, -0.2) is 59.9 Å². The van der Waals surface area contributed by atoms with Crippen molar-refractivity contribution < 1.29 is 28.5 Å². The Hall–Kier alpha value is -0.900. The molecule has 226 valence electrons. The number of hydrogen-bond acceptors (Lipinski definition) is 6. The predicted molar refractivity (Wildman–Crippen MR) is 152 cm³/mol. The molecule has 0 aromatic carbocycles. The summed E-state index contributed by atoms with van der Waals surface area (Å²) in [7, 11) is -3.99. The van der Waals surface area contributed by atoms with Gasteiger partial charge in [-0.1, -0.05) is 34.1 Å². The molecule has 4 fully saturated rings. The van der Waals surface area contributed by atoms with Crippen molar-refractivity contribution in [2.75, 3.05) is 13.2 Å². The van der Waals surface area contributed by atoms with Gasteiger partial charge in [-0.25, -0.2) is 17.9 Å². The van der Waals surface area contributed by atoms with Crippen molar-refractivity contribution in [1.82, 2.24) is 10.0 Å². The molecule has 4 aliphatic carbocycles. The fourth-order valence-electron chi connectivity index (χ4n) is 9.93. The lowest BCUT2D eigenvalue weighted by Gasteiger charge is -2.64. The molecule has 0 aromatic rings. The van der Waals surface area contributed by atoms with E-state index in [1.165, 1.54) is 13.8 Å². The summed E-state index contributed by atoms with van der Waals surface area (Å²) in [5.41, 5.74) is 0.338. The second-order valence-corrected chi connectivity index (χ2v) is 17.0. The Bertz CT molecular complexity index is 1000. The van der Waals surface area contributed by atoms with E-state index in [2.05, 4.69) is 33.0 Å². The van der Waals surface area contributed by atoms with E-state index in [1.54, 1.807) is 0 Å². The summed E-state index contributed by atoms with van der Waals surface area (Å²) in [6.45, 7) is 11.9. The number of nitrogens with one attached hydrogen (secondary N) is 2. The van der Waals surface area contributed by atoms with Gasteiger partial charge in [0, 0.05) is 6.54 Å². The van der Waals surface area contributed by atoms with Crippen LogP contribution in [0.5, 0.6) is 0 Å². The third-order valence-electron chi connectivity index (χ3n) is 12.4. The zero-order chi connectivity index (χ0) is 29.0. The van der Waals surface area contributed by atoms with Crippen LogP contribution in [0.3, 0.4) is 0 Å². The highest BCUT2D eigenvalue weighted by molar-refractivity contribution is 7.91. The van der Waals surface area contributed by atoms with Gasteiger partial charge < -0.3 is 20.6 Å². The van der Waals surface area contributed by atoms with Crippen molar-refractivity contribution in [3.05, 3.63) is 0 Å². The average molecular weight is 571 g/mol. The van der Waals surface area contributed by atoms with Gasteiger partial charge in [0.05, 0.1) is 18.8 Å². The number of carbonyl (C=O) groups is 1. The highest BCUT2D eigenvalue weighted by Gasteiger charge is 2.64. The largest absolute Gasteiger partial charge is 0.395 e. The molecule has 0 spiro atoms. The molecule has 3 unspecified atom stereocenters. The Morgan fingerprint density at radius 1 is 1.03 bits per heavy atom. The fourth-order valence-corrected chi connectivity index (χ4v) is 10.7. The summed E-state index contributed by atoms with van der Waals surface area (Å²) in [6.07, 6.45) is 8.49. The molecule has 8 nitrogen and oxygen atoms in total. The fraction of sp³-hybridized carbons (Fsp3) is 0.967. The average Bonchev–Trinajstić information content (AvgIpc) is 3.22. The molecule has 0 aromatic heterocycles. The first-order valence-electron chi connectivity index (χ1n) is 15.4. The number of fused-ring (bicyclic) bond motifs is 5. The first kappa shape index (κ1) is 31.0. The van der Waals surface area contributed by atoms with Crippen LogP contribution < -0.4 is 10.0 Å². The number of rotatable bonds is 8. The Kier molecular flexibility index (Phi) is 8.81. The lowest BCUT2D eigenvalue weighted by molar-refractivity contribution is -0.203. The van der Waals surface area contributed by atoms with Crippen LogP contribution in [0.2, 0.25) is 0 Å². The minimum absolute atomic E-state index is 0.147. The third kappa shape index (κ3) is 5.27. The lowest BCUT2D eigenvalue weighted by atomic mass is 9.41. The number of sulfonamides is 1. The second-order valence-electron chi connectivity index (χ2n) is 14.7. The van der Waals surface area contributed by atoms with Gasteiger partial charge in [-0.2, -0.15) is 0 Å². The van der Waals surface area contributed by atoms with Crippen LogP contribution in [0, 0.1) is 52.3 Å². The van der Waals surface area contributed by atoms with E-state index in [-0.39, 0.29) is 29.0 Å². The Balaban J connectivity index is 1.42. The Morgan fingerprint density at radius 3 is 2.31 bits per heavy atom. The first-order chi connectivity index (χ1) is 18.1. The standard InChI is InChI=1S/C30H54N2O6S/c1-7-20-24-16-19(34)10-13-30(24,6)23-11-14-29(5)21(8-9-22(29)25(23)26(20)35)18(2)12-15-31-27(36)32-39(37,38)28(3,4)17-33/h18-26,33-35H,7-17H2,1-6H3,(H2,31,32,36)/t18-,19-,20-,21-,22+,23+,24?,25?,26-,29?,30+/m1/s1. The SMILES string of the molecule is CC[C@@H]1C2C[C@H](O)CC[C@@]2(C)[C@H]2CCC3(C)[C@@H]([C@H](C)CCNC(=O)NS(=O)(=O)C(C)(C)CO)CC[C@H]3C2[C@@H]1O. The molecule has 4 aliphatic rings. The molecule has 4 rings (SSSR count). The molecule has 4 saturated carbocycles. The maximum atomic E-state index is 12.3. The third-order valence-corrected chi connectivity index (χ3v) is 14.4. The maximum Gasteiger partial charge on any atom is 0.328 e. The molecule has 11 atom stereocenters. The normalized spacial score (nSPS) is 43.1. The highest BCUT2D eigenvalue weighted by atomic mass is 32.2. The zero-order valence-corrected chi connectivity index (χ0v) is 25.8. The zero-order valence-electron chi connectivity index (χ0n) is 24.9. The van der Waals surface area contributed by atoms with Crippen LogP contribution in [-0.2, 0) is 10.0 Å². The van der Waals surface area contributed by atoms with Crippen molar-refractivity contribution in [1.29, 1.82) is 0 Å². The molecule has 0 bridgehead atoms. The monoisotopic (exact) mass is 570 g/mol. The van der Waals surface area contributed by atoms with Gasteiger partial charge in [0.25, 0.3) is 0 Å². The topological polar surface area (TPSA) is 136 Å². The van der Waals surface area contributed by atoms with Gasteiger partial charge in [0.2, 0.25) is 10.0 Å². The molecule has 9 heteroatoms. The van der Waals surface area contributed by atoms with Gasteiger partial charge >= 0.3 is 6.03 Å². The first-order valence-corrected chi connectivity index (χ1v) is 16.9. The molecule has 0 radical (unpaired) electrons. The summed E-state index contributed by atoms with van der Waals surface area (Å²) >= 11 is 0. The van der Waals surface area contributed by atoms with Gasteiger partial charge in [-0.05, 0) is 117 Å². The van der Waals surface area contributed by atoms with E-state index in [0.29, 0.717) is 42.1 Å². The number of urea groups is 1. The van der Waals surface area contributed by atoms with E-state index in [1.807, 2.05) is 4.72 Å². The Morgan fingerprint density at radius 2 is 1.67 bits per heavy atom. The predicted octanol–water partition coefficient (Wildman–Crippen LogP) is 4.04. The Labute approximate surface area is 236 Å². The molecule has 2 amide bonds. The van der Waals surface area contributed by atoms with E-state index < -0.39 is 27.4 Å².